The van der Waals surface area contributed by atoms with E-state index < -0.39 is 0 Å². The molecule has 23 heavy (non-hydrogen) atoms. The molecular formula is C16H12N6S. The van der Waals surface area contributed by atoms with E-state index in [1.807, 2.05) is 47.8 Å². The van der Waals surface area contributed by atoms with Gasteiger partial charge in [0.05, 0.1) is 5.57 Å². The van der Waals surface area contributed by atoms with Crippen molar-refractivity contribution in [3.8, 4) is 6.07 Å². The predicted molar refractivity (Wildman–Crippen MR) is 91.8 cm³/mol. The summed E-state index contributed by atoms with van der Waals surface area (Å²) in [4.78, 5) is 13.3. The van der Waals surface area contributed by atoms with E-state index in [-0.39, 0.29) is 11.8 Å². The second-order valence-corrected chi connectivity index (χ2v) is 5.50. The quantitative estimate of drug-likeness (QED) is 0.715. The number of nitriles is 1. The number of nitrogens with one attached hydrogen (secondary N) is 1. The minimum atomic E-state index is 0.0563. The average Bonchev–Trinajstić information content (AvgIpc) is 3.06. The molecule has 0 saturated heterocycles. The van der Waals surface area contributed by atoms with Crippen LogP contribution in [0.2, 0.25) is 0 Å². The molecule has 112 valence electrons. The van der Waals surface area contributed by atoms with Crippen LogP contribution in [0.4, 0.5) is 17.6 Å². The third-order valence-electron chi connectivity index (χ3n) is 2.87. The molecule has 0 radical (unpaired) electrons. The average molecular weight is 320 g/mol. The normalized spacial score (nSPS) is 11.0. The molecule has 0 atom stereocenters. The highest BCUT2D eigenvalue weighted by Gasteiger charge is 2.10. The van der Waals surface area contributed by atoms with Crippen LogP contribution in [0.15, 0.2) is 47.8 Å². The van der Waals surface area contributed by atoms with Crippen molar-refractivity contribution in [1.82, 2.24) is 15.0 Å². The van der Waals surface area contributed by atoms with E-state index in [1.54, 1.807) is 6.08 Å². The summed E-state index contributed by atoms with van der Waals surface area (Å²) >= 11 is 1.53. The fraction of sp³-hybridized carbons (Fsp3) is 0. The van der Waals surface area contributed by atoms with Gasteiger partial charge in [-0.3, -0.25) is 0 Å². The van der Waals surface area contributed by atoms with Gasteiger partial charge in [0.1, 0.15) is 6.07 Å². The molecule has 3 rings (SSSR count). The first-order valence-electron chi connectivity index (χ1n) is 6.74. The molecule has 0 aliphatic rings. The van der Waals surface area contributed by atoms with E-state index in [2.05, 4.69) is 26.3 Å². The lowest BCUT2D eigenvalue weighted by Gasteiger charge is -2.06. The maximum Gasteiger partial charge on any atom is 0.232 e. The lowest BCUT2D eigenvalue weighted by atomic mass is 10.2. The number of hydrogen-bond donors (Lipinski definition) is 2. The number of nitrogens with two attached hydrogens (primary N) is 1. The van der Waals surface area contributed by atoms with Gasteiger partial charge in [-0.05, 0) is 29.7 Å². The second kappa shape index (κ2) is 6.68. The minimum absolute atomic E-state index is 0.0563. The largest absolute Gasteiger partial charge is 0.368 e. The maximum absolute atomic E-state index is 9.37. The minimum Gasteiger partial charge on any atom is -0.368 e. The number of rotatable bonds is 4. The van der Waals surface area contributed by atoms with Gasteiger partial charge in [0.2, 0.25) is 11.9 Å². The molecule has 0 bridgehead atoms. The number of nitrogens with zero attached hydrogens (tertiary/aromatic N) is 4. The van der Waals surface area contributed by atoms with Crippen molar-refractivity contribution in [2.24, 2.45) is 0 Å². The van der Waals surface area contributed by atoms with Gasteiger partial charge in [-0.2, -0.15) is 20.2 Å². The molecule has 0 fully saturated rings. The van der Waals surface area contributed by atoms with E-state index in [0.29, 0.717) is 11.5 Å². The lowest BCUT2D eigenvalue weighted by Crippen LogP contribution is -2.06. The fourth-order valence-corrected chi connectivity index (χ4v) is 2.54. The molecule has 7 heteroatoms. The molecule has 3 aromatic rings. The predicted octanol–water partition coefficient (Wildman–Crippen LogP) is 3.32. The Labute approximate surface area is 137 Å². The highest BCUT2D eigenvalue weighted by Crippen LogP contribution is 2.20. The van der Waals surface area contributed by atoms with Gasteiger partial charge >= 0.3 is 0 Å². The number of anilines is 3. The van der Waals surface area contributed by atoms with Crippen LogP contribution in [0.25, 0.3) is 11.6 Å². The zero-order valence-corrected chi connectivity index (χ0v) is 12.8. The second-order valence-electron chi connectivity index (χ2n) is 4.52. The molecule has 1 aromatic carbocycles. The van der Waals surface area contributed by atoms with Crippen molar-refractivity contribution < 1.29 is 0 Å². The van der Waals surface area contributed by atoms with Crippen LogP contribution in [0.3, 0.4) is 0 Å². The summed E-state index contributed by atoms with van der Waals surface area (Å²) in [5, 5.41) is 14.4. The third kappa shape index (κ3) is 3.70. The van der Waals surface area contributed by atoms with Crippen LogP contribution < -0.4 is 11.1 Å². The van der Waals surface area contributed by atoms with Crippen molar-refractivity contribution in [3.63, 3.8) is 0 Å². The van der Waals surface area contributed by atoms with Crippen LogP contribution in [0, 0.1) is 11.3 Å². The Balaban J connectivity index is 1.95. The number of para-hydroxylation sites is 1. The molecule has 0 unspecified atom stereocenters. The molecule has 0 aliphatic heterocycles. The summed E-state index contributed by atoms with van der Waals surface area (Å²) in [7, 11) is 0. The maximum atomic E-state index is 9.37. The summed E-state index contributed by atoms with van der Waals surface area (Å²) < 4.78 is 0. The first-order chi connectivity index (χ1) is 11.2. The monoisotopic (exact) mass is 320 g/mol. The van der Waals surface area contributed by atoms with E-state index in [4.69, 9.17) is 5.73 Å². The van der Waals surface area contributed by atoms with Crippen LogP contribution in [-0.2, 0) is 0 Å². The van der Waals surface area contributed by atoms with Gasteiger partial charge in [0, 0.05) is 10.6 Å². The Morgan fingerprint density at radius 1 is 1.13 bits per heavy atom. The standard InChI is InChI=1S/C16H12N6S/c17-10-11(9-13-7-4-8-23-13)14-20-15(18)22-16(21-14)19-12-5-2-1-3-6-12/h1-9H,(H3,18,19,20,21,22)/b11-9-. The van der Waals surface area contributed by atoms with Gasteiger partial charge in [0.15, 0.2) is 5.82 Å². The van der Waals surface area contributed by atoms with E-state index in [0.717, 1.165) is 10.6 Å². The number of nitrogen functional groups attached to an aromatic ring is 1. The summed E-state index contributed by atoms with van der Waals surface area (Å²) in [6.45, 7) is 0. The number of aromatic nitrogens is 3. The van der Waals surface area contributed by atoms with Crippen molar-refractivity contribution >= 4 is 40.6 Å². The smallest absolute Gasteiger partial charge is 0.232 e. The van der Waals surface area contributed by atoms with Crippen LogP contribution in [0.1, 0.15) is 10.7 Å². The van der Waals surface area contributed by atoms with Gasteiger partial charge < -0.3 is 11.1 Å². The van der Waals surface area contributed by atoms with Crippen molar-refractivity contribution in [3.05, 3.63) is 58.5 Å². The molecular weight excluding hydrogens is 308 g/mol. The van der Waals surface area contributed by atoms with Gasteiger partial charge in [-0.15, -0.1) is 11.3 Å². The van der Waals surface area contributed by atoms with Crippen molar-refractivity contribution in [2.75, 3.05) is 11.1 Å². The van der Waals surface area contributed by atoms with Crippen LogP contribution >= 0.6 is 11.3 Å². The first kappa shape index (κ1) is 14.7. The number of hydrogen-bond acceptors (Lipinski definition) is 7. The van der Waals surface area contributed by atoms with Gasteiger partial charge in [-0.1, -0.05) is 24.3 Å². The molecule has 0 amide bonds. The van der Waals surface area contributed by atoms with Crippen LogP contribution in [-0.4, -0.2) is 15.0 Å². The zero-order valence-electron chi connectivity index (χ0n) is 12.0. The summed E-state index contributed by atoms with van der Waals surface area (Å²) in [5.41, 5.74) is 6.90. The highest BCUT2D eigenvalue weighted by molar-refractivity contribution is 7.10. The molecule has 6 nitrogen and oxygen atoms in total. The topological polar surface area (TPSA) is 101 Å². The zero-order chi connectivity index (χ0) is 16.1. The Kier molecular flexibility index (Phi) is 4.27. The van der Waals surface area contributed by atoms with E-state index in [1.165, 1.54) is 11.3 Å². The molecule has 0 aliphatic carbocycles. The number of thiophene rings is 1. The highest BCUT2D eigenvalue weighted by atomic mass is 32.1. The van der Waals surface area contributed by atoms with Gasteiger partial charge in [0.25, 0.3) is 0 Å². The van der Waals surface area contributed by atoms with E-state index in [9.17, 15) is 5.26 Å². The molecule has 0 saturated carbocycles. The molecule has 2 heterocycles. The Morgan fingerprint density at radius 2 is 1.96 bits per heavy atom. The molecule has 3 N–H and O–H groups in total. The lowest BCUT2D eigenvalue weighted by molar-refractivity contribution is 1.04. The third-order valence-corrected chi connectivity index (χ3v) is 3.69. The Hall–Kier alpha value is -3.24. The number of allylic oxidation sites excluding steroid dienone is 1. The van der Waals surface area contributed by atoms with Gasteiger partial charge in [-0.25, -0.2) is 0 Å². The fourth-order valence-electron chi connectivity index (χ4n) is 1.88. The molecule has 2 aromatic heterocycles. The molecule has 0 spiro atoms. The number of benzene rings is 1. The first-order valence-corrected chi connectivity index (χ1v) is 7.62. The van der Waals surface area contributed by atoms with Crippen molar-refractivity contribution in [2.45, 2.75) is 0 Å². The summed E-state index contributed by atoms with van der Waals surface area (Å²) in [5.74, 6) is 0.596. The van der Waals surface area contributed by atoms with Crippen LogP contribution in [0.5, 0.6) is 0 Å². The Bertz CT molecular complexity index is 865. The SMILES string of the molecule is N#C/C(=C/c1cccs1)c1nc(N)nc(Nc2ccccc2)n1. The Morgan fingerprint density at radius 3 is 2.65 bits per heavy atom. The summed E-state index contributed by atoms with van der Waals surface area (Å²) in [6.07, 6.45) is 1.73. The van der Waals surface area contributed by atoms with Crippen molar-refractivity contribution in [1.29, 1.82) is 5.26 Å². The van der Waals surface area contributed by atoms with E-state index >= 15 is 0 Å². The summed E-state index contributed by atoms with van der Waals surface area (Å²) in [6, 6.07) is 15.4.